The summed E-state index contributed by atoms with van der Waals surface area (Å²) >= 11 is 0. The molecule has 0 radical (unpaired) electrons. The van der Waals surface area contributed by atoms with Gasteiger partial charge in [-0.05, 0) is 12.1 Å². The Hall–Kier alpha value is -2.53. The van der Waals surface area contributed by atoms with Crippen LogP contribution in [0.1, 0.15) is 10.4 Å². The summed E-state index contributed by atoms with van der Waals surface area (Å²) in [5, 5.41) is 22.4. The first-order valence-corrected chi connectivity index (χ1v) is 6.22. The highest BCUT2D eigenvalue weighted by atomic mass is 16.3. The third-order valence-electron chi connectivity index (χ3n) is 2.35. The van der Waals surface area contributed by atoms with Gasteiger partial charge in [-0.1, -0.05) is 48.2 Å². The van der Waals surface area contributed by atoms with Gasteiger partial charge in [0.15, 0.2) is 0 Å². The van der Waals surface area contributed by atoms with E-state index in [0.29, 0.717) is 18.8 Å². The molecule has 0 aliphatic rings. The molecule has 2 aromatic carbocycles. The van der Waals surface area contributed by atoms with Crippen LogP contribution in [0, 0.1) is 0 Å². The molecule has 5 nitrogen and oxygen atoms in total. The maximum atomic E-state index is 11.3. The first-order valence-electron chi connectivity index (χ1n) is 6.22. The summed E-state index contributed by atoms with van der Waals surface area (Å²) in [6.07, 6.45) is 0. The molecule has 0 saturated heterocycles. The van der Waals surface area contributed by atoms with Crippen molar-refractivity contribution in [3.63, 3.8) is 0 Å². The van der Waals surface area contributed by atoms with E-state index in [2.05, 4.69) is 11.1 Å². The van der Waals surface area contributed by atoms with Crippen molar-refractivity contribution < 1.29 is 20.7 Å². The minimum Gasteiger partial charge on any atom is -0.872 e. The van der Waals surface area contributed by atoms with Gasteiger partial charge in [-0.2, -0.15) is 0 Å². The molecule has 5 heteroatoms. The molecule has 0 aromatic heterocycles. The highest BCUT2D eigenvalue weighted by Gasteiger charge is 2.03. The Bertz CT molecular complexity index is 530. The van der Waals surface area contributed by atoms with Gasteiger partial charge in [0, 0.05) is 5.56 Å². The lowest BCUT2D eigenvalue weighted by Crippen LogP contribution is -2.54. The molecule has 0 aliphatic heterocycles. The van der Waals surface area contributed by atoms with Crippen LogP contribution in [-0.2, 0) is 0 Å². The number of carbonyl (C=O) groups excluding carboxylic acids is 1. The van der Waals surface area contributed by atoms with Crippen LogP contribution in [0.2, 0.25) is 0 Å². The number of hydrogen-bond acceptors (Lipinski definition) is 3. The van der Waals surface area contributed by atoms with Crippen LogP contribution in [-0.4, -0.2) is 24.1 Å². The molecule has 0 unspecified atom stereocenters. The summed E-state index contributed by atoms with van der Waals surface area (Å²) < 4.78 is 0. The van der Waals surface area contributed by atoms with Crippen LogP contribution < -0.4 is 16.2 Å². The van der Waals surface area contributed by atoms with Crippen LogP contribution in [0.4, 0.5) is 0 Å². The SMILES string of the molecule is Oc1ccccc1.[NH3+]CCNC(=O)c1ccccc1[O-]. The zero-order valence-corrected chi connectivity index (χ0v) is 11.1. The number of aromatic hydroxyl groups is 1. The lowest BCUT2D eigenvalue weighted by Gasteiger charge is -2.11. The van der Waals surface area contributed by atoms with Crippen LogP contribution in [0.5, 0.6) is 11.5 Å². The number of nitrogens with one attached hydrogen (secondary N) is 1. The van der Waals surface area contributed by atoms with Crippen molar-refractivity contribution >= 4 is 5.91 Å². The molecule has 2 rings (SSSR count). The van der Waals surface area contributed by atoms with E-state index in [9.17, 15) is 9.90 Å². The Morgan fingerprint density at radius 2 is 1.70 bits per heavy atom. The second kappa shape index (κ2) is 8.55. The number of rotatable bonds is 3. The van der Waals surface area contributed by atoms with Crippen LogP contribution >= 0.6 is 0 Å². The molecular weight excluding hydrogens is 256 g/mol. The van der Waals surface area contributed by atoms with Crippen molar-refractivity contribution in [1.82, 2.24) is 5.32 Å². The summed E-state index contributed by atoms with van der Waals surface area (Å²) in [5.74, 6) is -0.249. The molecule has 0 saturated carbocycles. The summed E-state index contributed by atoms with van der Waals surface area (Å²) in [4.78, 5) is 11.3. The van der Waals surface area contributed by atoms with Gasteiger partial charge >= 0.3 is 0 Å². The van der Waals surface area contributed by atoms with Gasteiger partial charge in [0.2, 0.25) is 0 Å². The van der Waals surface area contributed by atoms with E-state index in [4.69, 9.17) is 5.11 Å². The van der Waals surface area contributed by atoms with Crippen LogP contribution in [0.25, 0.3) is 0 Å². The Balaban J connectivity index is 0.000000240. The lowest BCUT2D eigenvalue weighted by atomic mass is 10.2. The zero-order chi connectivity index (χ0) is 14.8. The molecule has 0 spiro atoms. The molecule has 106 valence electrons. The summed E-state index contributed by atoms with van der Waals surface area (Å²) in [6.45, 7) is 1.11. The monoisotopic (exact) mass is 274 g/mol. The lowest BCUT2D eigenvalue weighted by molar-refractivity contribution is -0.364. The fraction of sp³-hybridized carbons (Fsp3) is 0.133. The van der Waals surface area contributed by atoms with E-state index in [1.165, 1.54) is 12.1 Å². The molecular formula is C15H18N2O3. The number of para-hydroxylation sites is 2. The summed E-state index contributed by atoms with van der Waals surface area (Å²) in [5.41, 5.74) is 3.77. The zero-order valence-electron chi connectivity index (χ0n) is 11.1. The predicted octanol–water partition coefficient (Wildman–Crippen LogP) is 0.124. The van der Waals surface area contributed by atoms with Gasteiger partial charge in [-0.3, -0.25) is 4.79 Å². The standard InChI is InChI=1S/C9H12N2O2.C6H6O/c10-5-6-11-9(13)7-3-1-2-4-8(7)12;7-6-4-2-1-3-5-6/h1-4,12H,5-6,10H2,(H,11,13);1-5,7H. The first-order chi connectivity index (χ1) is 9.65. The Morgan fingerprint density at radius 1 is 1.10 bits per heavy atom. The van der Waals surface area contributed by atoms with Gasteiger partial charge in [-0.15, -0.1) is 0 Å². The van der Waals surface area contributed by atoms with E-state index in [0.717, 1.165) is 0 Å². The third-order valence-corrected chi connectivity index (χ3v) is 2.35. The number of hydrogen-bond donors (Lipinski definition) is 3. The van der Waals surface area contributed by atoms with Crippen molar-refractivity contribution in [3.8, 4) is 11.5 Å². The van der Waals surface area contributed by atoms with Gasteiger partial charge in [-0.25, -0.2) is 0 Å². The topological polar surface area (TPSA) is 100 Å². The van der Waals surface area contributed by atoms with E-state index in [-0.39, 0.29) is 17.2 Å². The van der Waals surface area contributed by atoms with E-state index in [1.807, 2.05) is 6.07 Å². The third kappa shape index (κ3) is 5.41. The normalized spacial score (nSPS) is 9.25. The fourth-order valence-electron chi connectivity index (χ4n) is 1.38. The van der Waals surface area contributed by atoms with Crippen LogP contribution in [0.15, 0.2) is 54.6 Å². The number of quaternary nitrogens is 1. The molecule has 1 amide bonds. The van der Waals surface area contributed by atoms with Gasteiger partial charge in [0.1, 0.15) is 5.75 Å². The van der Waals surface area contributed by atoms with Crippen molar-refractivity contribution in [3.05, 3.63) is 60.2 Å². The molecule has 5 N–H and O–H groups in total. The molecule has 0 heterocycles. The fourth-order valence-corrected chi connectivity index (χ4v) is 1.38. The smallest absolute Gasteiger partial charge is 0.250 e. The second-order valence-electron chi connectivity index (χ2n) is 3.94. The number of amides is 1. The maximum Gasteiger partial charge on any atom is 0.250 e. The van der Waals surface area contributed by atoms with Crippen LogP contribution in [0.3, 0.4) is 0 Å². The molecule has 0 aliphatic carbocycles. The van der Waals surface area contributed by atoms with E-state index < -0.39 is 0 Å². The van der Waals surface area contributed by atoms with Crippen molar-refractivity contribution in [2.24, 2.45) is 0 Å². The van der Waals surface area contributed by atoms with Crippen molar-refractivity contribution in [2.45, 2.75) is 0 Å². The minimum absolute atomic E-state index is 0.191. The quantitative estimate of drug-likeness (QED) is 0.741. The molecule has 0 fully saturated rings. The average molecular weight is 274 g/mol. The summed E-state index contributed by atoms with van der Waals surface area (Å²) in [7, 11) is 0. The van der Waals surface area contributed by atoms with Crippen molar-refractivity contribution in [1.29, 1.82) is 0 Å². The number of carbonyl (C=O) groups is 1. The minimum atomic E-state index is -0.325. The van der Waals surface area contributed by atoms with Gasteiger partial charge in [0.25, 0.3) is 5.91 Å². The van der Waals surface area contributed by atoms with Gasteiger partial charge in [0.05, 0.1) is 13.1 Å². The largest absolute Gasteiger partial charge is 0.872 e. The Kier molecular flexibility index (Phi) is 6.64. The number of phenols is 1. The van der Waals surface area contributed by atoms with Gasteiger partial charge < -0.3 is 21.3 Å². The Morgan fingerprint density at radius 3 is 2.20 bits per heavy atom. The number of phenolic OH excluding ortho intramolecular Hbond substituents is 1. The average Bonchev–Trinajstić information content (AvgIpc) is 2.47. The second-order valence-corrected chi connectivity index (χ2v) is 3.94. The van der Waals surface area contributed by atoms with Crippen molar-refractivity contribution in [2.75, 3.05) is 13.1 Å². The Labute approximate surface area is 117 Å². The highest BCUT2D eigenvalue weighted by molar-refractivity contribution is 5.96. The number of benzene rings is 2. The summed E-state index contributed by atoms with van der Waals surface area (Å²) in [6, 6.07) is 14.9. The molecule has 2 aromatic rings. The molecule has 0 bridgehead atoms. The highest BCUT2D eigenvalue weighted by Crippen LogP contribution is 2.11. The maximum absolute atomic E-state index is 11.3. The molecule has 20 heavy (non-hydrogen) atoms. The predicted molar refractivity (Wildman–Crippen MR) is 74.1 cm³/mol. The van der Waals surface area contributed by atoms with E-state index in [1.54, 1.807) is 36.4 Å². The van der Waals surface area contributed by atoms with E-state index >= 15 is 0 Å². The first kappa shape index (κ1) is 15.5. The molecule has 0 atom stereocenters.